The molecule has 1 aliphatic rings. The summed E-state index contributed by atoms with van der Waals surface area (Å²) in [5.74, 6) is 0.0942. The van der Waals surface area contributed by atoms with E-state index in [2.05, 4.69) is 44.7 Å². The van der Waals surface area contributed by atoms with Crippen LogP contribution in [0.25, 0.3) is 0 Å². The van der Waals surface area contributed by atoms with Crippen LogP contribution in [0.3, 0.4) is 0 Å². The van der Waals surface area contributed by atoms with Crippen molar-refractivity contribution in [1.29, 1.82) is 5.26 Å². The number of nitrogens with zero attached hydrogens (tertiary/aromatic N) is 2. The molecule has 1 fully saturated rings. The summed E-state index contributed by atoms with van der Waals surface area (Å²) in [6, 6.07) is 6.53. The fourth-order valence-electron chi connectivity index (χ4n) is 2.98. The first-order valence-corrected chi connectivity index (χ1v) is 6.67. The Hall–Kier alpha value is -1.20. The van der Waals surface area contributed by atoms with E-state index in [9.17, 15) is 0 Å². The fourth-order valence-corrected chi connectivity index (χ4v) is 3.40. The van der Waals surface area contributed by atoms with Crippen LogP contribution in [0, 0.1) is 31.1 Å². The van der Waals surface area contributed by atoms with Gasteiger partial charge in [0.2, 0.25) is 0 Å². The van der Waals surface area contributed by atoms with Crippen LogP contribution in [0.2, 0.25) is 5.02 Å². The van der Waals surface area contributed by atoms with Crippen LogP contribution in [0.1, 0.15) is 31.4 Å². The van der Waals surface area contributed by atoms with Crippen LogP contribution < -0.4 is 4.90 Å². The normalized spacial score (nSPS) is 22.0. The molecule has 0 aliphatic carbocycles. The molecule has 1 aromatic carbocycles. The van der Waals surface area contributed by atoms with E-state index in [0.717, 1.165) is 23.7 Å². The van der Waals surface area contributed by atoms with Crippen LogP contribution in [0.5, 0.6) is 0 Å². The lowest BCUT2D eigenvalue weighted by Gasteiger charge is -2.35. The molecule has 2 rings (SSSR count). The number of benzene rings is 1. The van der Waals surface area contributed by atoms with E-state index in [4.69, 9.17) is 16.9 Å². The second kappa shape index (κ2) is 4.48. The van der Waals surface area contributed by atoms with E-state index in [-0.39, 0.29) is 11.5 Å². The first-order chi connectivity index (χ1) is 8.35. The van der Waals surface area contributed by atoms with Crippen molar-refractivity contribution < 1.29 is 0 Å². The van der Waals surface area contributed by atoms with Gasteiger partial charge in [-0.25, -0.2) is 0 Å². The number of hydrogen-bond donors (Lipinski definition) is 0. The van der Waals surface area contributed by atoms with E-state index in [1.54, 1.807) is 0 Å². The van der Waals surface area contributed by atoms with E-state index >= 15 is 0 Å². The average molecular weight is 263 g/mol. The molecule has 0 bridgehead atoms. The zero-order chi connectivity index (χ0) is 13.5. The summed E-state index contributed by atoms with van der Waals surface area (Å²) in [7, 11) is 0. The van der Waals surface area contributed by atoms with Gasteiger partial charge in [-0.1, -0.05) is 17.7 Å². The number of halogens is 1. The van der Waals surface area contributed by atoms with Crippen LogP contribution >= 0.6 is 11.6 Å². The van der Waals surface area contributed by atoms with Gasteiger partial charge in [0.15, 0.2) is 0 Å². The van der Waals surface area contributed by atoms with Crippen LogP contribution in [0.15, 0.2) is 12.1 Å². The smallest absolute Gasteiger partial charge is 0.0675 e. The van der Waals surface area contributed by atoms with Crippen molar-refractivity contribution in [3.8, 4) is 6.07 Å². The molecule has 0 spiro atoms. The predicted molar refractivity (Wildman–Crippen MR) is 76.1 cm³/mol. The van der Waals surface area contributed by atoms with Crippen LogP contribution in [0.4, 0.5) is 5.69 Å². The molecule has 0 saturated carbocycles. The highest BCUT2D eigenvalue weighted by molar-refractivity contribution is 6.33. The highest BCUT2D eigenvalue weighted by Crippen LogP contribution is 2.41. The molecule has 96 valence electrons. The first-order valence-electron chi connectivity index (χ1n) is 6.29. The molecule has 0 N–H and O–H groups in total. The molecule has 1 atom stereocenters. The van der Waals surface area contributed by atoms with Gasteiger partial charge in [-0.3, -0.25) is 0 Å². The van der Waals surface area contributed by atoms with Crippen molar-refractivity contribution in [3.63, 3.8) is 0 Å². The van der Waals surface area contributed by atoms with Gasteiger partial charge < -0.3 is 4.90 Å². The number of rotatable bonds is 1. The van der Waals surface area contributed by atoms with Crippen molar-refractivity contribution in [3.05, 3.63) is 28.3 Å². The molecule has 2 nitrogen and oxygen atoms in total. The fraction of sp³-hybridized carbons (Fsp3) is 0.533. The zero-order valence-corrected chi connectivity index (χ0v) is 12.2. The maximum Gasteiger partial charge on any atom is 0.0675 e. The van der Waals surface area contributed by atoms with E-state index in [1.165, 1.54) is 11.1 Å². The van der Waals surface area contributed by atoms with E-state index < -0.39 is 0 Å². The third-order valence-corrected chi connectivity index (χ3v) is 4.02. The van der Waals surface area contributed by atoms with Crippen molar-refractivity contribution in [2.24, 2.45) is 5.92 Å². The highest BCUT2D eigenvalue weighted by Gasteiger charge is 2.39. The maximum atomic E-state index is 9.14. The van der Waals surface area contributed by atoms with Gasteiger partial charge in [0, 0.05) is 12.1 Å². The Balaban J connectivity index is 2.47. The maximum absolute atomic E-state index is 9.14. The minimum absolute atomic E-state index is 0.00987. The summed E-state index contributed by atoms with van der Waals surface area (Å²) in [5, 5.41) is 9.93. The Morgan fingerprint density at radius 3 is 2.56 bits per heavy atom. The molecule has 1 aromatic rings. The number of nitriles is 1. The topological polar surface area (TPSA) is 27.0 Å². The van der Waals surface area contributed by atoms with E-state index in [0.29, 0.717) is 0 Å². The molecule has 1 saturated heterocycles. The SMILES string of the molecule is Cc1cc(C)c(N2CC(C#N)CC2(C)C)c(Cl)c1. The monoisotopic (exact) mass is 262 g/mol. The van der Waals surface area contributed by atoms with Gasteiger partial charge >= 0.3 is 0 Å². The molecule has 1 heterocycles. The lowest BCUT2D eigenvalue weighted by molar-refractivity contribution is 0.502. The molecule has 3 heteroatoms. The molecule has 0 amide bonds. The molecular formula is C15H19ClN2. The molecule has 18 heavy (non-hydrogen) atoms. The number of anilines is 1. The Labute approximate surface area is 114 Å². The minimum Gasteiger partial charge on any atom is -0.364 e. The molecule has 0 radical (unpaired) electrons. The van der Waals surface area contributed by atoms with Gasteiger partial charge in [-0.2, -0.15) is 5.26 Å². The van der Waals surface area contributed by atoms with Crippen LogP contribution in [-0.4, -0.2) is 12.1 Å². The van der Waals surface area contributed by atoms with Crippen molar-refractivity contribution in [2.75, 3.05) is 11.4 Å². The molecular weight excluding hydrogens is 244 g/mol. The van der Waals surface area contributed by atoms with Gasteiger partial charge in [-0.05, 0) is 51.3 Å². The summed E-state index contributed by atoms with van der Waals surface area (Å²) in [5.41, 5.74) is 3.44. The standard InChI is InChI=1S/C15H19ClN2/c1-10-5-11(2)14(13(16)6-10)18-9-12(8-17)7-15(18,3)4/h5-6,12H,7,9H2,1-4H3. The second-order valence-corrected chi connectivity index (χ2v) is 6.27. The Kier molecular flexibility index (Phi) is 3.29. The van der Waals surface area contributed by atoms with Gasteiger partial charge in [0.25, 0.3) is 0 Å². The number of hydrogen-bond acceptors (Lipinski definition) is 2. The van der Waals surface area contributed by atoms with E-state index in [1.807, 2.05) is 6.07 Å². The molecule has 1 unspecified atom stereocenters. The third-order valence-electron chi connectivity index (χ3n) is 3.73. The lowest BCUT2D eigenvalue weighted by atomic mass is 9.96. The average Bonchev–Trinajstić information content (AvgIpc) is 2.53. The zero-order valence-electron chi connectivity index (χ0n) is 11.4. The van der Waals surface area contributed by atoms with Gasteiger partial charge in [0.05, 0.1) is 22.7 Å². The summed E-state index contributed by atoms with van der Waals surface area (Å²) >= 11 is 6.41. The summed E-state index contributed by atoms with van der Waals surface area (Å²) in [6.45, 7) is 9.27. The largest absolute Gasteiger partial charge is 0.364 e. The summed E-state index contributed by atoms with van der Waals surface area (Å²) < 4.78 is 0. The van der Waals surface area contributed by atoms with Crippen LogP contribution in [-0.2, 0) is 0 Å². The van der Waals surface area contributed by atoms with Crippen molar-refractivity contribution in [1.82, 2.24) is 0 Å². The predicted octanol–water partition coefficient (Wildman–Crippen LogP) is 4.09. The van der Waals surface area contributed by atoms with Crippen molar-refractivity contribution >= 4 is 17.3 Å². The Morgan fingerprint density at radius 1 is 1.39 bits per heavy atom. The Morgan fingerprint density at radius 2 is 2.06 bits per heavy atom. The summed E-state index contributed by atoms with van der Waals surface area (Å²) in [4.78, 5) is 2.29. The molecule has 0 aromatic heterocycles. The van der Waals surface area contributed by atoms with Gasteiger partial charge in [0.1, 0.15) is 0 Å². The minimum atomic E-state index is -0.00987. The first kappa shape index (κ1) is 13.2. The van der Waals surface area contributed by atoms with Crippen molar-refractivity contribution in [2.45, 2.75) is 39.7 Å². The van der Waals surface area contributed by atoms with Gasteiger partial charge in [-0.15, -0.1) is 0 Å². The lowest BCUT2D eigenvalue weighted by Crippen LogP contribution is -2.38. The molecule has 1 aliphatic heterocycles. The highest BCUT2D eigenvalue weighted by atomic mass is 35.5. The quantitative estimate of drug-likeness (QED) is 0.762. The second-order valence-electron chi connectivity index (χ2n) is 5.87. The third kappa shape index (κ3) is 2.20. The Bertz CT molecular complexity index is 491. The number of aryl methyl sites for hydroxylation is 2. The summed E-state index contributed by atoms with van der Waals surface area (Å²) in [6.07, 6.45) is 0.896.